The van der Waals surface area contributed by atoms with Crippen LogP contribution in [0.25, 0.3) is 0 Å². The molecule has 1 amide bonds. The van der Waals surface area contributed by atoms with Crippen LogP contribution in [-0.2, 0) is 16.0 Å². The Labute approximate surface area is 199 Å². The number of benzene rings is 2. The second kappa shape index (κ2) is 9.20. The van der Waals surface area contributed by atoms with Crippen LogP contribution in [0, 0.1) is 17.2 Å². The molecule has 4 rings (SSSR count). The van der Waals surface area contributed by atoms with E-state index in [0.29, 0.717) is 49.2 Å². The highest BCUT2D eigenvalue weighted by atomic mass is 19.1. The molecule has 34 heavy (non-hydrogen) atoms. The molecule has 1 unspecified atom stereocenters. The fraction of sp³-hybridized carbons (Fsp3) is 0.444. The van der Waals surface area contributed by atoms with Crippen LogP contribution in [0.15, 0.2) is 53.5 Å². The van der Waals surface area contributed by atoms with Crippen LogP contribution in [0.4, 0.5) is 14.9 Å². The number of ether oxygens (including phenoxy) is 1. The number of carbonyl (C=O) groups is 2. The van der Waals surface area contributed by atoms with Crippen molar-refractivity contribution >= 4 is 23.5 Å². The number of para-hydroxylation sites is 1. The fourth-order valence-corrected chi connectivity index (χ4v) is 4.96. The summed E-state index contributed by atoms with van der Waals surface area (Å²) in [5.41, 5.74) is 0.0672. The molecule has 7 heteroatoms. The molecule has 1 atom stereocenters. The summed E-state index contributed by atoms with van der Waals surface area (Å²) in [6.45, 7) is 6.53. The van der Waals surface area contributed by atoms with E-state index in [4.69, 9.17) is 4.74 Å². The van der Waals surface area contributed by atoms with Gasteiger partial charge in [-0.3, -0.25) is 4.79 Å². The van der Waals surface area contributed by atoms with E-state index in [9.17, 15) is 19.1 Å². The molecule has 0 aromatic heterocycles. The van der Waals surface area contributed by atoms with Crippen molar-refractivity contribution in [3.8, 4) is 0 Å². The SMILES string of the molecule is CC(C)(C)OC(=O)N1CCC(CC2(C(=O)O)Cc3cccc(F)c3N=C2c2ccccc2)CC1. The first-order valence-electron chi connectivity index (χ1n) is 11.7. The van der Waals surface area contributed by atoms with Crippen molar-refractivity contribution in [3.05, 3.63) is 65.5 Å². The average Bonchev–Trinajstić information content (AvgIpc) is 2.78. The van der Waals surface area contributed by atoms with Crippen LogP contribution in [-0.4, -0.2) is 46.5 Å². The molecule has 0 spiro atoms. The molecule has 2 aromatic carbocycles. The number of piperidine rings is 1. The number of hydrogen-bond acceptors (Lipinski definition) is 4. The third-order valence-electron chi connectivity index (χ3n) is 6.60. The minimum atomic E-state index is -1.28. The normalized spacial score (nSPS) is 20.9. The topological polar surface area (TPSA) is 79.2 Å². The zero-order valence-corrected chi connectivity index (χ0v) is 19.9. The first-order valence-corrected chi connectivity index (χ1v) is 11.7. The molecule has 1 saturated heterocycles. The van der Waals surface area contributed by atoms with E-state index in [1.54, 1.807) is 17.0 Å². The van der Waals surface area contributed by atoms with Gasteiger partial charge in [-0.25, -0.2) is 14.2 Å². The van der Waals surface area contributed by atoms with E-state index in [1.807, 2.05) is 51.1 Å². The lowest BCUT2D eigenvalue weighted by Crippen LogP contribution is -2.47. The zero-order chi connectivity index (χ0) is 24.5. The van der Waals surface area contributed by atoms with Crippen molar-refractivity contribution in [3.63, 3.8) is 0 Å². The Hall–Kier alpha value is -3.22. The van der Waals surface area contributed by atoms with E-state index < -0.39 is 22.8 Å². The molecule has 2 aliphatic rings. The number of carbonyl (C=O) groups excluding carboxylic acids is 1. The first kappa shape index (κ1) is 23.9. The van der Waals surface area contributed by atoms with Gasteiger partial charge in [-0.1, -0.05) is 42.5 Å². The maximum atomic E-state index is 14.6. The van der Waals surface area contributed by atoms with Crippen LogP contribution in [0.1, 0.15) is 51.2 Å². The fourth-order valence-electron chi connectivity index (χ4n) is 4.96. The summed E-state index contributed by atoms with van der Waals surface area (Å²) in [5, 5.41) is 10.6. The zero-order valence-electron chi connectivity index (χ0n) is 19.9. The highest BCUT2D eigenvalue weighted by Gasteiger charge is 2.49. The van der Waals surface area contributed by atoms with E-state index in [-0.39, 0.29) is 24.1 Å². The number of nitrogens with zero attached hydrogens (tertiary/aromatic N) is 2. The summed E-state index contributed by atoms with van der Waals surface area (Å²) in [7, 11) is 0. The van der Waals surface area contributed by atoms with Gasteiger partial charge in [0.1, 0.15) is 22.5 Å². The number of amides is 1. The Morgan fingerprint density at radius 1 is 1.12 bits per heavy atom. The molecule has 0 saturated carbocycles. The number of rotatable bonds is 4. The van der Waals surface area contributed by atoms with Crippen molar-refractivity contribution in [1.29, 1.82) is 0 Å². The van der Waals surface area contributed by atoms with Crippen molar-refractivity contribution < 1.29 is 23.8 Å². The maximum absolute atomic E-state index is 14.6. The summed E-state index contributed by atoms with van der Waals surface area (Å²) < 4.78 is 20.1. The van der Waals surface area contributed by atoms with Gasteiger partial charge < -0.3 is 14.7 Å². The smallest absolute Gasteiger partial charge is 0.410 e. The van der Waals surface area contributed by atoms with Crippen molar-refractivity contribution in [2.24, 2.45) is 16.3 Å². The molecular formula is C27H31FN2O4. The minimum Gasteiger partial charge on any atom is -0.481 e. The van der Waals surface area contributed by atoms with Gasteiger partial charge in [0.05, 0.1) is 5.71 Å². The molecule has 1 fully saturated rings. The third-order valence-corrected chi connectivity index (χ3v) is 6.60. The lowest BCUT2D eigenvalue weighted by atomic mass is 9.66. The summed E-state index contributed by atoms with van der Waals surface area (Å²) in [4.78, 5) is 31.6. The Bertz CT molecular complexity index is 1100. The number of aliphatic imine (C=N–C) groups is 1. The van der Waals surface area contributed by atoms with Crippen LogP contribution in [0.5, 0.6) is 0 Å². The van der Waals surface area contributed by atoms with Crippen molar-refractivity contribution in [1.82, 2.24) is 4.90 Å². The average molecular weight is 467 g/mol. The van der Waals surface area contributed by atoms with Crippen LogP contribution in [0.3, 0.4) is 0 Å². The van der Waals surface area contributed by atoms with Gasteiger partial charge in [0.15, 0.2) is 0 Å². The number of likely N-dealkylation sites (tertiary alicyclic amines) is 1. The number of carboxylic acids is 1. The van der Waals surface area contributed by atoms with E-state index in [0.717, 1.165) is 0 Å². The van der Waals surface area contributed by atoms with Crippen LogP contribution in [0.2, 0.25) is 0 Å². The van der Waals surface area contributed by atoms with Gasteiger partial charge in [-0.05, 0) is 69.6 Å². The molecule has 0 aliphatic carbocycles. The number of halogens is 1. The maximum Gasteiger partial charge on any atom is 0.410 e. The number of carboxylic acid groups (broad SMARTS) is 1. The minimum absolute atomic E-state index is 0.0822. The van der Waals surface area contributed by atoms with Gasteiger partial charge in [0.2, 0.25) is 0 Å². The van der Waals surface area contributed by atoms with Gasteiger partial charge in [0.25, 0.3) is 0 Å². The second-order valence-electron chi connectivity index (χ2n) is 10.3. The molecule has 2 heterocycles. The highest BCUT2D eigenvalue weighted by molar-refractivity contribution is 6.17. The third kappa shape index (κ3) is 4.83. The number of aliphatic carboxylic acids is 1. The second-order valence-corrected chi connectivity index (χ2v) is 10.3. The molecule has 2 aromatic rings. The molecule has 180 valence electrons. The summed E-state index contributed by atoms with van der Waals surface area (Å²) in [6.07, 6.45) is 1.55. The standard InChI is InChI=1S/C27H31FN2O4/c1-26(2,3)34-25(33)30-14-12-18(13-15-30)16-27(24(31)32)17-20-10-7-11-21(28)22(20)29-23(27)19-8-5-4-6-9-19/h4-11,18H,12-17H2,1-3H3,(H,31,32). The molecule has 0 bridgehead atoms. The van der Waals surface area contributed by atoms with Crippen molar-refractivity contribution in [2.45, 2.75) is 52.1 Å². The monoisotopic (exact) mass is 466 g/mol. The summed E-state index contributed by atoms with van der Waals surface area (Å²) in [6, 6.07) is 13.9. The predicted molar refractivity (Wildman–Crippen MR) is 128 cm³/mol. The van der Waals surface area contributed by atoms with Gasteiger partial charge in [-0.2, -0.15) is 0 Å². The molecule has 2 aliphatic heterocycles. The molecule has 6 nitrogen and oxygen atoms in total. The molecular weight excluding hydrogens is 435 g/mol. The lowest BCUT2D eigenvalue weighted by Gasteiger charge is -2.40. The Morgan fingerprint density at radius 3 is 2.41 bits per heavy atom. The largest absolute Gasteiger partial charge is 0.481 e. The van der Waals surface area contributed by atoms with Crippen molar-refractivity contribution in [2.75, 3.05) is 13.1 Å². The molecule has 1 N–H and O–H groups in total. The summed E-state index contributed by atoms with van der Waals surface area (Å²) >= 11 is 0. The lowest BCUT2D eigenvalue weighted by molar-refractivity contribution is -0.146. The Balaban J connectivity index is 1.62. The first-order chi connectivity index (χ1) is 16.1. The summed E-state index contributed by atoms with van der Waals surface area (Å²) in [5.74, 6) is -1.33. The molecule has 0 radical (unpaired) electrons. The van der Waals surface area contributed by atoms with Gasteiger partial charge >= 0.3 is 12.1 Å². The number of fused-ring (bicyclic) bond motifs is 1. The quantitative estimate of drug-likeness (QED) is 0.635. The predicted octanol–water partition coefficient (Wildman–Crippen LogP) is 5.61. The van der Waals surface area contributed by atoms with E-state index in [2.05, 4.69) is 4.99 Å². The Morgan fingerprint density at radius 2 is 1.79 bits per heavy atom. The van der Waals surface area contributed by atoms with Crippen LogP contribution < -0.4 is 0 Å². The Kier molecular flexibility index (Phi) is 6.47. The van der Waals surface area contributed by atoms with Gasteiger partial charge in [-0.15, -0.1) is 0 Å². The number of hydrogen-bond donors (Lipinski definition) is 1. The van der Waals surface area contributed by atoms with Gasteiger partial charge in [0, 0.05) is 13.1 Å². The van der Waals surface area contributed by atoms with Crippen LogP contribution >= 0.6 is 0 Å². The highest BCUT2D eigenvalue weighted by Crippen LogP contribution is 2.45. The van der Waals surface area contributed by atoms with E-state index in [1.165, 1.54) is 6.07 Å². The van der Waals surface area contributed by atoms with E-state index >= 15 is 0 Å².